The Labute approximate surface area is 78.6 Å². The Kier molecular flexibility index (Phi) is 2.61. The zero-order chi connectivity index (χ0) is 9.10. The van der Waals surface area contributed by atoms with Crippen LogP contribution in [0.3, 0.4) is 0 Å². The molecular formula is C9H16N4. The molecule has 0 saturated carbocycles. The molecule has 2 rings (SSSR count). The average Bonchev–Trinajstić information content (AvgIpc) is 2.54. The van der Waals surface area contributed by atoms with Gasteiger partial charge in [0.15, 0.2) is 0 Å². The minimum atomic E-state index is 1.03. The van der Waals surface area contributed by atoms with Crippen LogP contribution in [0.4, 0.5) is 0 Å². The minimum absolute atomic E-state index is 1.03. The molecule has 2 heterocycles. The van der Waals surface area contributed by atoms with E-state index in [1.54, 1.807) is 0 Å². The van der Waals surface area contributed by atoms with Crippen LogP contribution in [0.25, 0.3) is 0 Å². The van der Waals surface area contributed by atoms with Crippen LogP contribution in [0, 0.1) is 0 Å². The molecule has 1 aliphatic heterocycles. The third kappa shape index (κ3) is 2.08. The lowest BCUT2D eigenvalue weighted by atomic mass is 10.3. The van der Waals surface area contributed by atoms with Gasteiger partial charge in [-0.1, -0.05) is 0 Å². The molecule has 1 aromatic heterocycles. The molecule has 0 spiro atoms. The summed E-state index contributed by atoms with van der Waals surface area (Å²) >= 11 is 0. The van der Waals surface area contributed by atoms with E-state index in [0.717, 1.165) is 32.7 Å². The number of rotatable bonds is 2. The van der Waals surface area contributed by atoms with E-state index >= 15 is 0 Å². The van der Waals surface area contributed by atoms with Crippen molar-refractivity contribution in [1.29, 1.82) is 0 Å². The number of nitrogens with one attached hydrogen (secondary N) is 1. The van der Waals surface area contributed by atoms with Gasteiger partial charge in [0.05, 0.1) is 12.0 Å². The molecule has 1 fully saturated rings. The Balaban J connectivity index is 1.93. The molecule has 0 unspecified atom stereocenters. The van der Waals surface area contributed by atoms with E-state index in [2.05, 4.69) is 19.8 Å². The lowest BCUT2D eigenvalue weighted by molar-refractivity contribution is 0.228. The van der Waals surface area contributed by atoms with E-state index in [-0.39, 0.29) is 0 Å². The summed E-state index contributed by atoms with van der Waals surface area (Å²) in [6.45, 7) is 5.53. The van der Waals surface area contributed by atoms with Crippen LogP contribution in [-0.4, -0.2) is 40.6 Å². The first-order valence-corrected chi connectivity index (χ1v) is 4.74. The summed E-state index contributed by atoms with van der Waals surface area (Å²) in [7, 11) is 2.05. The number of imidazole rings is 1. The molecular weight excluding hydrogens is 164 g/mol. The van der Waals surface area contributed by atoms with Gasteiger partial charge in [-0.15, -0.1) is 0 Å². The predicted octanol–water partition coefficient (Wildman–Crippen LogP) is -0.175. The van der Waals surface area contributed by atoms with Gasteiger partial charge in [0.2, 0.25) is 0 Å². The molecule has 72 valence electrons. The third-order valence-corrected chi connectivity index (χ3v) is 2.51. The van der Waals surface area contributed by atoms with Crippen LogP contribution >= 0.6 is 0 Å². The van der Waals surface area contributed by atoms with Crippen molar-refractivity contribution in [2.75, 3.05) is 26.2 Å². The van der Waals surface area contributed by atoms with Crippen molar-refractivity contribution in [3.63, 3.8) is 0 Å². The Bertz CT molecular complexity index is 262. The van der Waals surface area contributed by atoms with Gasteiger partial charge in [-0.05, 0) is 0 Å². The van der Waals surface area contributed by atoms with Crippen molar-refractivity contribution in [2.45, 2.75) is 6.54 Å². The molecule has 4 heteroatoms. The number of hydrogen-bond donors (Lipinski definition) is 1. The van der Waals surface area contributed by atoms with E-state index in [4.69, 9.17) is 0 Å². The van der Waals surface area contributed by atoms with Gasteiger partial charge in [-0.3, -0.25) is 4.90 Å². The lowest BCUT2D eigenvalue weighted by Gasteiger charge is -2.26. The molecule has 0 aromatic carbocycles. The topological polar surface area (TPSA) is 33.1 Å². The number of aromatic nitrogens is 2. The highest BCUT2D eigenvalue weighted by Crippen LogP contribution is 2.03. The van der Waals surface area contributed by atoms with Crippen LogP contribution in [0.5, 0.6) is 0 Å². The highest BCUT2D eigenvalue weighted by Gasteiger charge is 2.10. The molecule has 0 radical (unpaired) electrons. The van der Waals surface area contributed by atoms with Crippen LogP contribution in [0.15, 0.2) is 12.5 Å². The van der Waals surface area contributed by atoms with Crippen molar-refractivity contribution in [1.82, 2.24) is 19.8 Å². The van der Waals surface area contributed by atoms with E-state index in [0.29, 0.717) is 0 Å². The quantitative estimate of drug-likeness (QED) is 0.685. The first-order valence-electron chi connectivity index (χ1n) is 4.74. The summed E-state index contributed by atoms with van der Waals surface area (Å²) in [4.78, 5) is 6.56. The van der Waals surface area contributed by atoms with Crippen LogP contribution < -0.4 is 5.32 Å². The summed E-state index contributed by atoms with van der Waals surface area (Å²) < 4.78 is 2.09. The number of aryl methyl sites for hydroxylation is 1. The summed E-state index contributed by atoms with van der Waals surface area (Å²) in [6, 6.07) is 0. The van der Waals surface area contributed by atoms with Crippen LogP contribution in [0.2, 0.25) is 0 Å². The maximum absolute atomic E-state index is 4.11. The Morgan fingerprint density at radius 3 is 2.85 bits per heavy atom. The third-order valence-electron chi connectivity index (χ3n) is 2.51. The maximum Gasteiger partial charge on any atom is 0.0945 e. The monoisotopic (exact) mass is 180 g/mol. The second-order valence-electron chi connectivity index (χ2n) is 3.52. The average molecular weight is 180 g/mol. The Hall–Kier alpha value is -0.870. The summed E-state index contributed by atoms with van der Waals surface area (Å²) in [5, 5.41) is 3.34. The van der Waals surface area contributed by atoms with Gasteiger partial charge in [-0.2, -0.15) is 0 Å². The molecule has 4 nitrogen and oxygen atoms in total. The molecule has 1 aromatic rings. The number of hydrogen-bond acceptors (Lipinski definition) is 3. The van der Waals surface area contributed by atoms with Crippen molar-refractivity contribution < 1.29 is 0 Å². The van der Waals surface area contributed by atoms with Crippen molar-refractivity contribution in [3.05, 3.63) is 18.2 Å². The van der Waals surface area contributed by atoms with Crippen molar-refractivity contribution >= 4 is 0 Å². The van der Waals surface area contributed by atoms with Gasteiger partial charge in [0.1, 0.15) is 0 Å². The number of piperazine rings is 1. The van der Waals surface area contributed by atoms with E-state index in [9.17, 15) is 0 Å². The minimum Gasteiger partial charge on any atom is -0.337 e. The van der Waals surface area contributed by atoms with Crippen LogP contribution in [0.1, 0.15) is 5.69 Å². The first kappa shape index (κ1) is 8.72. The van der Waals surface area contributed by atoms with Gasteiger partial charge in [0, 0.05) is 46.0 Å². The molecule has 1 saturated heterocycles. The van der Waals surface area contributed by atoms with Crippen LogP contribution in [-0.2, 0) is 13.6 Å². The second kappa shape index (κ2) is 3.89. The van der Waals surface area contributed by atoms with E-state index in [1.807, 2.05) is 19.6 Å². The molecule has 0 bridgehead atoms. The Morgan fingerprint density at radius 2 is 2.23 bits per heavy atom. The molecule has 1 N–H and O–H groups in total. The predicted molar refractivity (Wildman–Crippen MR) is 51.4 cm³/mol. The summed E-state index contributed by atoms with van der Waals surface area (Å²) in [5.41, 5.74) is 1.29. The fraction of sp³-hybridized carbons (Fsp3) is 0.667. The molecule has 13 heavy (non-hydrogen) atoms. The van der Waals surface area contributed by atoms with E-state index in [1.165, 1.54) is 5.69 Å². The molecule has 0 aliphatic carbocycles. The lowest BCUT2D eigenvalue weighted by Crippen LogP contribution is -2.43. The first-order chi connectivity index (χ1) is 6.36. The highest BCUT2D eigenvalue weighted by molar-refractivity contribution is 4.97. The zero-order valence-electron chi connectivity index (χ0n) is 8.03. The molecule has 0 amide bonds. The molecule has 0 atom stereocenters. The normalized spacial score (nSPS) is 19.2. The van der Waals surface area contributed by atoms with Gasteiger partial charge < -0.3 is 9.88 Å². The molecule has 1 aliphatic rings. The standard InChI is InChI=1S/C9H16N4/c1-12-8-11-6-9(12)7-13-4-2-10-3-5-13/h6,8,10H,2-5,7H2,1H3. The van der Waals surface area contributed by atoms with Gasteiger partial charge >= 0.3 is 0 Å². The van der Waals surface area contributed by atoms with E-state index < -0.39 is 0 Å². The largest absolute Gasteiger partial charge is 0.337 e. The fourth-order valence-corrected chi connectivity index (χ4v) is 1.64. The summed E-state index contributed by atoms with van der Waals surface area (Å²) in [6.07, 6.45) is 3.81. The van der Waals surface area contributed by atoms with Gasteiger partial charge in [0.25, 0.3) is 0 Å². The SMILES string of the molecule is Cn1cncc1CN1CCNCC1. The highest BCUT2D eigenvalue weighted by atomic mass is 15.2. The Morgan fingerprint density at radius 1 is 1.46 bits per heavy atom. The zero-order valence-corrected chi connectivity index (χ0v) is 8.03. The van der Waals surface area contributed by atoms with Crippen molar-refractivity contribution in [2.24, 2.45) is 7.05 Å². The fourth-order valence-electron chi connectivity index (χ4n) is 1.64. The maximum atomic E-state index is 4.11. The summed E-state index contributed by atoms with van der Waals surface area (Å²) in [5.74, 6) is 0. The number of nitrogens with zero attached hydrogens (tertiary/aromatic N) is 3. The van der Waals surface area contributed by atoms with Crippen molar-refractivity contribution in [3.8, 4) is 0 Å². The second-order valence-corrected chi connectivity index (χ2v) is 3.52. The van der Waals surface area contributed by atoms with Gasteiger partial charge in [-0.25, -0.2) is 4.98 Å². The smallest absolute Gasteiger partial charge is 0.0945 e.